The summed E-state index contributed by atoms with van der Waals surface area (Å²) in [6.45, 7) is 9.79. The van der Waals surface area contributed by atoms with Gasteiger partial charge in [0, 0.05) is 9.99 Å². The number of carboxylic acids is 1. The third kappa shape index (κ3) is 8.15. The standard InChI is InChI=1S/C19H26INO6/c1-18(2,3)26-16(24)21(17(25)27-19(4,5)6)14(15(22)23)11-12-7-9-13(20)10-8-12/h7-10,14H,11H2,1-6H3,(H,22,23)/t14-/m0/s1. The molecule has 0 heterocycles. The van der Waals surface area contributed by atoms with Crippen molar-refractivity contribution in [3.8, 4) is 0 Å². The van der Waals surface area contributed by atoms with Gasteiger partial charge in [-0.1, -0.05) is 12.1 Å². The minimum Gasteiger partial charge on any atom is -0.480 e. The second kappa shape index (κ2) is 8.90. The summed E-state index contributed by atoms with van der Waals surface area (Å²) in [4.78, 5) is 37.7. The normalized spacial score (nSPS) is 12.9. The van der Waals surface area contributed by atoms with Crippen LogP contribution in [0.3, 0.4) is 0 Å². The first-order valence-electron chi connectivity index (χ1n) is 8.42. The second-order valence-electron chi connectivity index (χ2n) is 8.02. The third-order valence-electron chi connectivity index (χ3n) is 3.12. The number of aliphatic carboxylic acids is 1. The molecular weight excluding hydrogens is 465 g/mol. The van der Waals surface area contributed by atoms with Crippen molar-refractivity contribution in [3.63, 3.8) is 0 Å². The number of halogens is 1. The van der Waals surface area contributed by atoms with E-state index in [-0.39, 0.29) is 6.42 Å². The van der Waals surface area contributed by atoms with Crippen molar-refractivity contribution in [1.29, 1.82) is 0 Å². The SMILES string of the molecule is CC(C)(C)OC(=O)N(C(=O)OC(C)(C)C)[C@@H](Cc1ccc(I)cc1)C(=O)O. The molecule has 0 aliphatic heterocycles. The van der Waals surface area contributed by atoms with E-state index in [2.05, 4.69) is 22.6 Å². The molecule has 0 saturated heterocycles. The highest BCUT2D eigenvalue weighted by molar-refractivity contribution is 14.1. The number of rotatable bonds is 4. The maximum atomic E-state index is 12.6. The number of amides is 2. The predicted octanol–water partition coefficient (Wildman–Crippen LogP) is 4.46. The number of nitrogens with zero attached hydrogens (tertiary/aromatic N) is 1. The number of carboxylic acid groups (broad SMARTS) is 1. The van der Waals surface area contributed by atoms with Crippen LogP contribution in [-0.2, 0) is 20.7 Å². The smallest absolute Gasteiger partial charge is 0.420 e. The Morgan fingerprint density at radius 1 is 0.963 bits per heavy atom. The van der Waals surface area contributed by atoms with Crippen LogP contribution in [0.2, 0.25) is 0 Å². The summed E-state index contributed by atoms with van der Waals surface area (Å²) in [6.07, 6.45) is -2.19. The van der Waals surface area contributed by atoms with E-state index in [4.69, 9.17) is 9.47 Å². The van der Waals surface area contributed by atoms with Crippen LogP contribution in [-0.4, -0.2) is 45.4 Å². The van der Waals surface area contributed by atoms with Crippen LogP contribution >= 0.6 is 22.6 Å². The zero-order valence-electron chi connectivity index (χ0n) is 16.4. The van der Waals surface area contributed by atoms with Gasteiger partial charge in [-0.3, -0.25) is 0 Å². The molecule has 7 nitrogen and oxygen atoms in total. The zero-order chi connectivity index (χ0) is 21.0. The molecule has 150 valence electrons. The minimum absolute atomic E-state index is 0.0647. The van der Waals surface area contributed by atoms with Gasteiger partial charge in [-0.15, -0.1) is 0 Å². The van der Waals surface area contributed by atoms with Crippen LogP contribution in [0, 0.1) is 3.57 Å². The van der Waals surface area contributed by atoms with E-state index in [1.165, 1.54) is 0 Å². The number of hydrogen-bond donors (Lipinski definition) is 1. The summed E-state index contributed by atoms with van der Waals surface area (Å²) < 4.78 is 11.5. The van der Waals surface area contributed by atoms with Crippen molar-refractivity contribution in [2.75, 3.05) is 0 Å². The molecule has 0 aromatic heterocycles. The Balaban J connectivity index is 3.24. The van der Waals surface area contributed by atoms with Crippen LogP contribution in [0.5, 0.6) is 0 Å². The van der Waals surface area contributed by atoms with Crippen molar-refractivity contribution >= 4 is 40.7 Å². The van der Waals surface area contributed by atoms with E-state index in [9.17, 15) is 19.5 Å². The Hall–Kier alpha value is -1.84. The Labute approximate surface area is 173 Å². The molecule has 0 bridgehead atoms. The quantitative estimate of drug-likeness (QED) is 0.626. The van der Waals surface area contributed by atoms with E-state index < -0.39 is 35.4 Å². The van der Waals surface area contributed by atoms with Crippen molar-refractivity contribution in [1.82, 2.24) is 4.90 Å². The molecule has 1 aromatic rings. The zero-order valence-corrected chi connectivity index (χ0v) is 18.6. The van der Waals surface area contributed by atoms with Crippen LogP contribution < -0.4 is 0 Å². The van der Waals surface area contributed by atoms with E-state index >= 15 is 0 Å². The molecule has 0 fully saturated rings. The molecule has 0 unspecified atom stereocenters. The maximum Gasteiger partial charge on any atom is 0.420 e. The number of imide groups is 1. The fourth-order valence-corrected chi connectivity index (χ4v) is 2.44. The molecule has 0 spiro atoms. The van der Waals surface area contributed by atoms with Crippen LogP contribution in [0.4, 0.5) is 9.59 Å². The summed E-state index contributed by atoms with van der Waals surface area (Å²) in [5, 5.41) is 9.70. The van der Waals surface area contributed by atoms with Gasteiger partial charge in [0.05, 0.1) is 0 Å². The fourth-order valence-electron chi connectivity index (χ4n) is 2.08. The molecule has 1 aromatic carbocycles. The van der Waals surface area contributed by atoms with Gasteiger partial charge >= 0.3 is 18.2 Å². The molecule has 1 atom stereocenters. The topological polar surface area (TPSA) is 93.1 Å². The second-order valence-corrected chi connectivity index (χ2v) is 9.26. The average Bonchev–Trinajstić information content (AvgIpc) is 2.44. The van der Waals surface area contributed by atoms with Gasteiger partial charge in [0.2, 0.25) is 0 Å². The number of ether oxygens (including phenoxy) is 2. The number of hydrogen-bond acceptors (Lipinski definition) is 5. The molecule has 0 aliphatic rings. The van der Waals surface area contributed by atoms with Crippen LogP contribution in [0.25, 0.3) is 0 Å². The van der Waals surface area contributed by atoms with E-state index in [0.29, 0.717) is 10.5 Å². The van der Waals surface area contributed by atoms with Crippen molar-refractivity contribution < 1.29 is 29.0 Å². The highest BCUT2D eigenvalue weighted by Crippen LogP contribution is 2.20. The monoisotopic (exact) mass is 491 g/mol. The fraction of sp³-hybridized carbons (Fsp3) is 0.526. The van der Waals surface area contributed by atoms with Crippen molar-refractivity contribution in [3.05, 3.63) is 33.4 Å². The van der Waals surface area contributed by atoms with Crippen molar-refractivity contribution in [2.24, 2.45) is 0 Å². The summed E-state index contributed by atoms with van der Waals surface area (Å²) >= 11 is 2.13. The van der Waals surface area contributed by atoms with E-state index in [1.54, 1.807) is 53.7 Å². The van der Waals surface area contributed by atoms with E-state index in [1.807, 2.05) is 12.1 Å². The van der Waals surface area contributed by atoms with Gasteiger partial charge in [-0.05, 0) is 81.8 Å². The molecule has 1 N–H and O–H groups in total. The minimum atomic E-state index is -1.46. The largest absolute Gasteiger partial charge is 0.480 e. The highest BCUT2D eigenvalue weighted by atomic mass is 127. The maximum absolute atomic E-state index is 12.6. The molecule has 0 radical (unpaired) electrons. The molecular formula is C19H26INO6. The average molecular weight is 491 g/mol. The van der Waals surface area contributed by atoms with Gasteiger partial charge in [0.25, 0.3) is 0 Å². The summed E-state index contributed by atoms with van der Waals surface area (Å²) in [7, 11) is 0. The summed E-state index contributed by atoms with van der Waals surface area (Å²) in [5.74, 6) is -1.33. The first kappa shape index (κ1) is 23.2. The molecule has 8 heteroatoms. The lowest BCUT2D eigenvalue weighted by Crippen LogP contribution is -2.52. The molecule has 1 rings (SSSR count). The first-order valence-corrected chi connectivity index (χ1v) is 9.50. The highest BCUT2D eigenvalue weighted by Gasteiger charge is 2.40. The van der Waals surface area contributed by atoms with Gasteiger partial charge < -0.3 is 14.6 Å². The lowest BCUT2D eigenvalue weighted by atomic mass is 10.1. The lowest BCUT2D eigenvalue weighted by molar-refractivity contribution is -0.143. The Morgan fingerprint density at radius 3 is 1.70 bits per heavy atom. The molecule has 0 saturated carbocycles. The third-order valence-corrected chi connectivity index (χ3v) is 3.84. The summed E-state index contributed by atoms with van der Waals surface area (Å²) in [5.41, 5.74) is -1.13. The van der Waals surface area contributed by atoms with Gasteiger partial charge in [0.1, 0.15) is 17.2 Å². The first-order chi connectivity index (χ1) is 12.2. The van der Waals surface area contributed by atoms with Crippen molar-refractivity contribution in [2.45, 2.75) is 65.2 Å². The van der Waals surface area contributed by atoms with Crippen LogP contribution in [0.15, 0.2) is 24.3 Å². The lowest BCUT2D eigenvalue weighted by Gasteiger charge is -2.31. The molecule has 27 heavy (non-hydrogen) atoms. The number of benzene rings is 1. The van der Waals surface area contributed by atoms with Gasteiger partial charge in [0.15, 0.2) is 0 Å². The van der Waals surface area contributed by atoms with Gasteiger partial charge in [-0.25, -0.2) is 14.4 Å². The Bertz CT molecular complexity index is 660. The van der Waals surface area contributed by atoms with E-state index in [0.717, 1.165) is 3.57 Å². The Kier molecular flexibility index (Phi) is 7.65. The number of carbonyl (C=O) groups is 3. The molecule has 2 amide bonds. The Morgan fingerprint density at radius 2 is 1.37 bits per heavy atom. The van der Waals surface area contributed by atoms with Gasteiger partial charge in [-0.2, -0.15) is 4.90 Å². The summed E-state index contributed by atoms with van der Waals surface area (Å²) in [6, 6.07) is 5.68. The number of carbonyl (C=O) groups excluding carboxylic acids is 2. The predicted molar refractivity (Wildman–Crippen MR) is 109 cm³/mol. The van der Waals surface area contributed by atoms with Crippen LogP contribution in [0.1, 0.15) is 47.1 Å². The molecule has 0 aliphatic carbocycles.